The number of nitrogens with one attached hydrogen (secondary N) is 2. The van der Waals surface area contributed by atoms with Gasteiger partial charge in [-0.1, -0.05) is 0 Å². The standard InChI is InChI=1S/C11H14N8S/c1-19-6-14-8(18-19)2-4-13-9-7-3-5-20-10(7)16-11(15-9)17-12/h3,5-6H,2,4,12H2,1H3,(H2,13,15,16,17). The fourth-order valence-electron chi connectivity index (χ4n) is 1.85. The van der Waals surface area contributed by atoms with Crippen LogP contribution >= 0.6 is 11.3 Å². The van der Waals surface area contributed by atoms with Gasteiger partial charge in [-0.2, -0.15) is 10.1 Å². The molecule has 0 aliphatic carbocycles. The maximum atomic E-state index is 5.38. The summed E-state index contributed by atoms with van der Waals surface area (Å²) in [4.78, 5) is 13.7. The summed E-state index contributed by atoms with van der Waals surface area (Å²) >= 11 is 1.55. The summed E-state index contributed by atoms with van der Waals surface area (Å²) in [5.74, 6) is 7.34. The number of hydrogen-bond acceptors (Lipinski definition) is 8. The van der Waals surface area contributed by atoms with Crippen molar-refractivity contribution in [1.82, 2.24) is 24.7 Å². The van der Waals surface area contributed by atoms with Gasteiger partial charge in [0.1, 0.15) is 17.0 Å². The molecule has 0 aromatic carbocycles. The number of hydrogen-bond donors (Lipinski definition) is 3. The number of nitrogens with zero attached hydrogens (tertiary/aromatic N) is 5. The van der Waals surface area contributed by atoms with Gasteiger partial charge >= 0.3 is 0 Å². The van der Waals surface area contributed by atoms with Crippen molar-refractivity contribution in [3.05, 3.63) is 23.6 Å². The van der Waals surface area contributed by atoms with Crippen LogP contribution < -0.4 is 16.6 Å². The lowest BCUT2D eigenvalue weighted by Crippen LogP contribution is -2.13. The molecule has 0 aliphatic rings. The SMILES string of the molecule is Cn1cnc(CCNc2nc(NN)nc3sccc23)n1. The third-order valence-electron chi connectivity index (χ3n) is 2.74. The van der Waals surface area contributed by atoms with Gasteiger partial charge in [0.05, 0.1) is 5.39 Å². The number of aryl methyl sites for hydroxylation is 1. The van der Waals surface area contributed by atoms with E-state index in [1.807, 2.05) is 18.5 Å². The van der Waals surface area contributed by atoms with E-state index in [0.29, 0.717) is 12.5 Å². The molecule has 9 heteroatoms. The maximum absolute atomic E-state index is 5.38. The zero-order valence-electron chi connectivity index (χ0n) is 10.9. The first kappa shape index (κ1) is 12.8. The highest BCUT2D eigenvalue weighted by molar-refractivity contribution is 7.16. The number of fused-ring (bicyclic) bond motifs is 1. The quantitative estimate of drug-likeness (QED) is 0.470. The van der Waals surface area contributed by atoms with E-state index in [-0.39, 0.29) is 0 Å². The fourth-order valence-corrected chi connectivity index (χ4v) is 2.61. The fraction of sp³-hybridized carbons (Fsp3) is 0.273. The van der Waals surface area contributed by atoms with E-state index in [4.69, 9.17) is 5.84 Å². The Morgan fingerprint density at radius 1 is 1.40 bits per heavy atom. The minimum Gasteiger partial charge on any atom is -0.369 e. The second kappa shape index (κ2) is 5.39. The van der Waals surface area contributed by atoms with Gasteiger partial charge in [0.25, 0.3) is 0 Å². The van der Waals surface area contributed by atoms with Crippen LogP contribution in [0.25, 0.3) is 10.2 Å². The summed E-state index contributed by atoms with van der Waals surface area (Å²) in [6.07, 6.45) is 2.41. The zero-order valence-corrected chi connectivity index (χ0v) is 11.7. The molecule has 0 spiro atoms. The number of nitrogens with two attached hydrogens (primary N) is 1. The summed E-state index contributed by atoms with van der Waals surface area (Å²) in [5.41, 5.74) is 2.48. The van der Waals surface area contributed by atoms with E-state index < -0.39 is 0 Å². The number of aromatic nitrogens is 5. The molecule has 0 radical (unpaired) electrons. The number of hydrazine groups is 1. The van der Waals surface area contributed by atoms with E-state index >= 15 is 0 Å². The van der Waals surface area contributed by atoms with Crippen LogP contribution in [0.1, 0.15) is 5.82 Å². The van der Waals surface area contributed by atoms with Crippen LogP contribution in [0.15, 0.2) is 17.8 Å². The molecule has 8 nitrogen and oxygen atoms in total. The lowest BCUT2D eigenvalue weighted by Gasteiger charge is -2.07. The van der Waals surface area contributed by atoms with Gasteiger partial charge < -0.3 is 5.32 Å². The van der Waals surface area contributed by atoms with Crippen molar-refractivity contribution in [2.45, 2.75) is 6.42 Å². The molecule has 3 aromatic heterocycles. The largest absolute Gasteiger partial charge is 0.369 e. The van der Waals surface area contributed by atoms with E-state index in [1.54, 1.807) is 22.3 Å². The third kappa shape index (κ3) is 2.53. The molecular weight excluding hydrogens is 276 g/mol. The Hall–Kier alpha value is -2.26. The van der Waals surface area contributed by atoms with Gasteiger partial charge in [-0.15, -0.1) is 11.3 Å². The minimum absolute atomic E-state index is 0.401. The number of thiophene rings is 1. The minimum atomic E-state index is 0.401. The van der Waals surface area contributed by atoms with Crippen LogP contribution in [-0.2, 0) is 13.5 Å². The second-order valence-corrected chi connectivity index (χ2v) is 5.09. The Bertz CT molecular complexity index is 718. The molecule has 0 saturated heterocycles. The molecule has 0 unspecified atom stereocenters. The molecule has 0 bridgehead atoms. The molecule has 0 fully saturated rings. The van der Waals surface area contributed by atoms with Gasteiger partial charge in [-0.05, 0) is 11.4 Å². The van der Waals surface area contributed by atoms with Crippen molar-refractivity contribution in [2.24, 2.45) is 12.9 Å². The van der Waals surface area contributed by atoms with Crippen LogP contribution in [0.2, 0.25) is 0 Å². The van der Waals surface area contributed by atoms with Gasteiger partial charge in [-0.3, -0.25) is 10.1 Å². The predicted octanol–water partition coefficient (Wildman–Crippen LogP) is 0.760. The van der Waals surface area contributed by atoms with Crippen LogP contribution in [-0.4, -0.2) is 31.3 Å². The maximum Gasteiger partial charge on any atom is 0.240 e. The summed E-state index contributed by atoms with van der Waals surface area (Å²) in [6.45, 7) is 0.690. The Labute approximate surface area is 119 Å². The molecule has 0 atom stereocenters. The lowest BCUT2D eigenvalue weighted by atomic mass is 10.3. The Morgan fingerprint density at radius 3 is 3.05 bits per heavy atom. The Balaban J connectivity index is 1.74. The topological polar surface area (TPSA) is 107 Å². The zero-order chi connectivity index (χ0) is 13.9. The smallest absolute Gasteiger partial charge is 0.240 e. The Kier molecular flexibility index (Phi) is 3.44. The highest BCUT2D eigenvalue weighted by Crippen LogP contribution is 2.26. The van der Waals surface area contributed by atoms with Gasteiger partial charge in [0.15, 0.2) is 5.82 Å². The highest BCUT2D eigenvalue weighted by Gasteiger charge is 2.08. The first-order valence-corrected chi connectivity index (χ1v) is 6.94. The van der Waals surface area contributed by atoms with Crippen molar-refractivity contribution in [1.29, 1.82) is 0 Å². The van der Waals surface area contributed by atoms with Crippen LogP contribution in [0.4, 0.5) is 11.8 Å². The van der Waals surface area contributed by atoms with Crippen molar-refractivity contribution in [3.63, 3.8) is 0 Å². The van der Waals surface area contributed by atoms with E-state index in [9.17, 15) is 0 Å². The van der Waals surface area contributed by atoms with Gasteiger partial charge in [0.2, 0.25) is 5.95 Å². The summed E-state index contributed by atoms with van der Waals surface area (Å²) in [6, 6.07) is 1.99. The van der Waals surface area contributed by atoms with E-state index in [2.05, 4.69) is 30.8 Å². The molecule has 3 rings (SSSR count). The monoisotopic (exact) mass is 290 g/mol. The van der Waals surface area contributed by atoms with Crippen molar-refractivity contribution >= 4 is 33.3 Å². The molecular formula is C11H14N8S. The van der Waals surface area contributed by atoms with Crippen molar-refractivity contribution in [2.75, 3.05) is 17.3 Å². The molecule has 0 amide bonds. The third-order valence-corrected chi connectivity index (χ3v) is 3.55. The van der Waals surface area contributed by atoms with Gasteiger partial charge in [0, 0.05) is 20.0 Å². The van der Waals surface area contributed by atoms with Gasteiger partial charge in [-0.25, -0.2) is 15.8 Å². The molecule has 20 heavy (non-hydrogen) atoms. The average molecular weight is 290 g/mol. The number of nitrogen functional groups attached to an aromatic ring is 1. The summed E-state index contributed by atoms with van der Waals surface area (Å²) < 4.78 is 1.69. The molecule has 3 heterocycles. The van der Waals surface area contributed by atoms with Crippen molar-refractivity contribution < 1.29 is 0 Å². The first-order valence-electron chi connectivity index (χ1n) is 6.06. The van der Waals surface area contributed by atoms with E-state index in [0.717, 1.165) is 28.3 Å². The molecule has 4 N–H and O–H groups in total. The Morgan fingerprint density at radius 2 is 2.30 bits per heavy atom. The predicted molar refractivity (Wildman–Crippen MR) is 78.4 cm³/mol. The summed E-state index contributed by atoms with van der Waals surface area (Å²) in [5, 5.41) is 10.5. The first-order chi connectivity index (χ1) is 9.76. The molecule has 0 aliphatic heterocycles. The molecule has 104 valence electrons. The highest BCUT2D eigenvalue weighted by atomic mass is 32.1. The van der Waals surface area contributed by atoms with Crippen LogP contribution in [0, 0.1) is 0 Å². The van der Waals surface area contributed by atoms with E-state index in [1.165, 1.54) is 0 Å². The van der Waals surface area contributed by atoms with Crippen LogP contribution in [0.5, 0.6) is 0 Å². The molecule has 3 aromatic rings. The normalized spacial score (nSPS) is 10.9. The average Bonchev–Trinajstić information content (AvgIpc) is 3.07. The summed E-state index contributed by atoms with van der Waals surface area (Å²) in [7, 11) is 1.85. The molecule has 0 saturated carbocycles. The van der Waals surface area contributed by atoms with Crippen molar-refractivity contribution in [3.8, 4) is 0 Å². The number of anilines is 2. The van der Waals surface area contributed by atoms with Crippen LogP contribution in [0.3, 0.4) is 0 Å². The lowest BCUT2D eigenvalue weighted by molar-refractivity contribution is 0.742. The second-order valence-electron chi connectivity index (χ2n) is 4.19. The number of rotatable bonds is 5.